The predicted molar refractivity (Wildman–Crippen MR) is 148 cm³/mol. The molecule has 0 radical (unpaired) electrons. The Morgan fingerprint density at radius 2 is 1.95 bits per heavy atom. The average Bonchev–Trinajstić information content (AvgIpc) is 3.35. The van der Waals surface area contributed by atoms with E-state index in [9.17, 15) is 10.1 Å². The van der Waals surface area contributed by atoms with E-state index < -0.39 is 5.60 Å². The van der Waals surface area contributed by atoms with E-state index in [-0.39, 0.29) is 18.2 Å². The van der Waals surface area contributed by atoms with E-state index in [1.54, 1.807) is 10.7 Å². The summed E-state index contributed by atoms with van der Waals surface area (Å²) in [6.45, 7) is 11.8. The largest absolute Gasteiger partial charge is 0.491 e. The summed E-state index contributed by atoms with van der Waals surface area (Å²) in [6.07, 6.45) is 5.98. The normalized spacial score (nSPS) is 21.1. The molecule has 7 rings (SSSR count). The molecule has 0 spiro atoms. The number of amides is 1. The second kappa shape index (κ2) is 10.6. The van der Waals surface area contributed by atoms with Crippen LogP contribution < -0.4 is 9.64 Å². The molecule has 4 fully saturated rings. The minimum absolute atomic E-state index is 0.131. The number of carbonyl (C=O) groups is 1. The molecule has 4 aliphatic heterocycles. The molecule has 0 aliphatic carbocycles. The Morgan fingerprint density at radius 1 is 1.18 bits per heavy atom. The molecule has 0 aromatic carbocycles. The van der Waals surface area contributed by atoms with Gasteiger partial charge >= 0.3 is 6.09 Å². The molecular formula is C29H35N7O4. The zero-order chi connectivity index (χ0) is 27.9. The molecule has 11 nitrogen and oxygen atoms in total. The van der Waals surface area contributed by atoms with E-state index in [0.29, 0.717) is 17.9 Å². The zero-order valence-corrected chi connectivity index (χ0v) is 23.2. The van der Waals surface area contributed by atoms with Crippen LogP contribution in [-0.2, 0) is 9.47 Å². The number of pyridine rings is 2. The van der Waals surface area contributed by atoms with Crippen molar-refractivity contribution < 1.29 is 19.0 Å². The number of morpholine rings is 1. The van der Waals surface area contributed by atoms with Crippen molar-refractivity contribution in [1.82, 2.24) is 24.4 Å². The quantitative estimate of drug-likeness (QED) is 0.461. The number of hydrogen-bond acceptors (Lipinski definition) is 9. The fourth-order valence-corrected chi connectivity index (χ4v) is 5.74. The van der Waals surface area contributed by atoms with Crippen molar-refractivity contribution in [2.45, 2.75) is 44.9 Å². The number of nitrogens with zero attached hydrogens (tertiary/aromatic N) is 7. The summed E-state index contributed by atoms with van der Waals surface area (Å²) in [7, 11) is 0. The summed E-state index contributed by atoms with van der Waals surface area (Å²) in [5, 5.41) is 14.1. The maximum atomic E-state index is 12.6. The van der Waals surface area contributed by atoms with Crippen LogP contribution in [0.1, 0.15) is 32.8 Å². The van der Waals surface area contributed by atoms with Crippen molar-refractivity contribution in [1.29, 1.82) is 5.26 Å². The van der Waals surface area contributed by atoms with Crippen molar-refractivity contribution in [3.8, 4) is 22.9 Å². The van der Waals surface area contributed by atoms with Gasteiger partial charge in [0.2, 0.25) is 0 Å². The first kappa shape index (κ1) is 26.3. The maximum absolute atomic E-state index is 12.6. The van der Waals surface area contributed by atoms with Gasteiger partial charge in [-0.2, -0.15) is 10.4 Å². The third-order valence-electron chi connectivity index (χ3n) is 7.67. The first-order chi connectivity index (χ1) is 19.3. The number of hydrogen-bond donors (Lipinski definition) is 0. The van der Waals surface area contributed by atoms with E-state index in [1.807, 2.05) is 56.3 Å². The Balaban J connectivity index is 1.17. The van der Waals surface area contributed by atoms with Gasteiger partial charge < -0.3 is 19.1 Å². The highest BCUT2D eigenvalue weighted by molar-refractivity contribution is 5.85. The van der Waals surface area contributed by atoms with E-state index in [4.69, 9.17) is 19.2 Å². The van der Waals surface area contributed by atoms with Crippen molar-refractivity contribution in [3.05, 3.63) is 42.4 Å². The third kappa shape index (κ3) is 5.29. The Morgan fingerprint density at radius 3 is 2.62 bits per heavy atom. The van der Waals surface area contributed by atoms with Gasteiger partial charge in [-0.3, -0.25) is 9.80 Å². The van der Waals surface area contributed by atoms with Gasteiger partial charge in [-0.1, -0.05) is 0 Å². The fourth-order valence-electron chi connectivity index (χ4n) is 5.74. The molecule has 7 heterocycles. The molecule has 2 bridgehead atoms. The van der Waals surface area contributed by atoms with Gasteiger partial charge in [0.1, 0.15) is 29.8 Å². The topological polar surface area (TPSA) is 108 Å². The summed E-state index contributed by atoms with van der Waals surface area (Å²) in [6, 6.07) is 8.50. The Bertz CT molecular complexity index is 1410. The van der Waals surface area contributed by atoms with Gasteiger partial charge in [0.05, 0.1) is 48.8 Å². The van der Waals surface area contributed by atoms with Crippen LogP contribution in [0.4, 0.5) is 10.6 Å². The van der Waals surface area contributed by atoms with E-state index >= 15 is 0 Å². The number of piperidine rings is 1. The molecule has 4 aliphatic rings. The molecule has 0 N–H and O–H groups in total. The minimum Gasteiger partial charge on any atom is -0.491 e. The number of fused-ring (bicyclic) bond motifs is 3. The third-order valence-corrected chi connectivity index (χ3v) is 7.67. The smallest absolute Gasteiger partial charge is 0.410 e. The summed E-state index contributed by atoms with van der Waals surface area (Å²) in [5.74, 6) is 1.55. The van der Waals surface area contributed by atoms with Crippen LogP contribution in [-0.4, -0.2) is 101 Å². The number of aromatic nitrogens is 3. The summed E-state index contributed by atoms with van der Waals surface area (Å²) in [5.41, 5.74) is 2.44. The van der Waals surface area contributed by atoms with Gasteiger partial charge in [0.25, 0.3) is 0 Å². The molecular weight excluding hydrogens is 510 g/mol. The second-order valence-corrected chi connectivity index (χ2v) is 11.6. The number of rotatable bonds is 6. The van der Waals surface area contributed by atoms with Crippen LogP contribution in [0.15, 0.2) is 36.8 Å². The van der Waals surface area contributed by atoms with Crippen LogP contribution >= 0.6 is 0 Å². The lowest BCUT2D eigenvalue weighted by atomic mass is 9.88. The molecule has 40 heavy (non-hydrogen) atoms. The number of carbonyl (C=O) groups excluding carboxylic acids is 1. The molecule has 2 unspecified atom stereocenters. The number of anilines is 1. The molecule has 1 amide bonds. The molecule has 210 valence electrons. The second-order valence-electron chi connectivity index (χ2n) is 11.6. The Hall–Kier alpha value is -3.88. The number of ether oxygens (including phenoxy) is 3. The SMILES string of the molecule is CC(C)(C)OC(=O)N1C2CC1CN(c1ccc(-c3cc(OCCN4CCOCC4)cn4ncc(C#N)c34)cn1)C2. The first-order valence-corrected chi connectivity index (χ1v) is 13.9. The minimum atomic E-state index is -0.504. The van der Waals surface area contributed by atoms with Gasteiger partial charge in [-0.25, -0.2) is 14.3 Å². The highest BCUT2D eigenvalue weighted by Crippen LogP contribution is 2.36. The van der Waals surface area contributed by atoms with Gasteiger partial charge in [0, 0.05) is 50.0 Å². The number of nitriles is 1. The molecule has 3 aromatic rings. The summed E-state index contributed by atoms with van der Waals surface area (Å²) >= 11 is 0. The molecule has 11 heteroatoms. The van der Waals surface area contributed by atoms with Crippen molar-refractivity contribution >= 4 is 17.4 Å². The van der Waals surface area contributed by atoms with Crippen molar-refractivity contribution in [2.75, 3.05) is 57.4 Å². The Kier molecular flexibility index (Phi) is 6.98. The van der Waals surface area contributed by atoms with Crippen molar-refractivity contribution in [3.63, 3.8) is 0 Å². The highest BCUT2D eigenvalue weighted by atomic mass is 16.6. The maximum Gasteiger partial charge on any atom is 0.410 e. The monoisotopic (exact) mass is 545 g/mol. The first-order valence-electron chi connectivity index (χ1n) is 13.9. The Labute approximate surface area is 233 Å². The number of piperazine rings is 1. The van der Waals surface area contributed by atoms with Crippen molar-refractivity contribution in [2.24, 2.45) is 0 Å². The van der Waals surface area contributed by atoms with Crippen LogP contribution in [0.3, 0.4) is 0 Å². The standard InChI is InChI=1S/C29H35N7O4/c1-29(2,3)40-28(37)36-22-12-23(36)18-34(17-22)26-5-4-20(15-31-26)25-13-24(19-35-27(25)21(14-30)16-32-35)39-11-8-33-6-9-38-10-7-33/h4-5,13,15-16,19,22-23H,6-12,17-18H2,1-3H3. The lowest BCUT2D eigenvalue weighted by Crippen LogP contribution is -2.70. The van der Waals surface area contributed by atoms with Crippen LogP contribution in [0.25, 0.3) is 16.6 Å². The molecule has 0 saturated carbocycles. The van der Waals surface area contributed by atoms with E-state index in [1.165, 1.54) is 0 Å². The molecule has 2 atom stereocenters. The highest BCUT2D eigenvalue weighted by Gasteiger charge is 2.49. The predicted octanol–water partition coefficient (Wildman–Crippen LogP) is 3.18. The summed E-state index contributed by atoms with van der Waals surface area (Å²) in [4.78, 5) is 23.8. The molecule has 3 aromatic heterocycles. The van der Waals surface area contributed by atoms with E-state index in [0.717, 1.165) is 74.8 Å². The fraction of sp³-hybridized carbons (Fsp3) is 0.517. The zero-order valence-electron chi connectivity index (χ0n) is 23.2. The lowest BCUT2D eigenvalue weighted by Gasteiger charge is -2.56. The van der Waals surface area contributed by atoms with Gasteiger partial charge in [0.15, 0.2) is 0 Å². The van der Waals surface area contributed by atoms with E-state index in [2.05, 4.69) is 21.0 Å². The average molecular weight is 546 g/mol. The van der Waals surface area contributed by atoms with Crippen LogP contribution in [0.2, 0.25) is 0 Å². The van der Waals surface area contributed by atoms with Crippen LogP contribution in [0, 0.1) is 11.3 Å². The molecule has 4 saturated heterocycles. The van der Waals surface area contributed by atoms with Crippen LogP contribution in [0.5, 0.6) is 5.75 Å². The summed E-state index contributed by atoms with van der Waals surface area (Å²) < 4.78 is 18.8. The van der Waals surface area contributed by atoms with Gasteiger partial charge in [-0.05, 0) is 45.4 Å². The van der Waals surface area contributed by atoms with Gasteiger partial charge in [-0.15, -0.1) is 0 Å². The lowest BCUT2D eigenvalue weighted by molar-refractivity contribution is -0.0380.